The first-order valence-electron chi connectivity index (χ1n) is 4.45. The van der Waals surface area contributed by atoms with Gasteiger partial charge in [-0.2, -0.15) is 0 Å². The molecule has 2 rings (SSSR count). The number of aromatic carboxylic acids is 1. The van der Waals surface area contributed by atoms with Crippen LogP contribution in [0.25, 0.3) is 0 Å². The molecular weight excluding hydrogens is 198 g/mol. The number of rotatable bonds is 1. The summed E-state index contributed by atoms with van der Waals surface area (Å²) in [6.07, 6.45) is 0. The van der Waals surface area contributed by atoms with E-state index in [2.05, 4.69) is 12.2 Å². The van der Waals surface area contributed by atoms with Gasteiger partial charge >= 0.3 is 5.97 Å². The summed E-state index contributed by atoms with van der Waals surface area (Å²) < 4.78 is 0. The van der Waals surface area contributed by atoms with E-state index in [0.29, 0.717) is 10.8 Å². The Morgan fingerprint density at radius 3 is 3.14 bits per heavy atom. The van der Waals surface area contributed by atoms with E-state index < -0.39 is 5.97 Å². The van der Waals surface area contributed by atoms with Crippen molar-refractivity contribution in [2.75, 3.05) is 11.9 Å². The maximum atomic E-state index is 10.9. The van der Waals surface area contributed by atoms with Crippen LogP contribution in [0.4, 0.5) is 5.69 Å². The second-order valence-electron chi connectivity index (χ2n) is 3.29. The van der Waals surface area contributed by atoms with Crippen LogP contribution in [0.2, 0.25) is 0 Å². The van der Waals surface area contributed by atoms with Crippen molar-refractivity contribution in [3.8, 4) is 0 Å². The van der Waals surface area contributed by atoms with E-state index in [-0.39, 0.29) is 0 Å². The normalized spacial score (nSPS) is 19.6. The summed E-state index contributed by atoms with van der Waals surface area (Å²) in [7, 11) is 0. The molecule has 0 saturated heterocycles. The lowest BCUT2D eigenvalue weighted by Gasteiger charge is -2.23. The second-order valence-corrected chi connectivity index (χ2v) is 4.77. The van der Waals surface area contributed by atoms with Crippen molar-refractivity contribution in [2.45, 2.75) is 17.1 Å². The van der Waals surface area contributed by atoms with Gasteiger partial charge in [0, 0.05) is 16.7 Å². The molecule has 2 N–H and O–H groups in total. The average Bonchev–Trinajstić information content (AvgIpc) is 2.16. The lowest BCUT2D eigenvalue weighted by Crippen LogP contribution is -2.20. The smallest absolute Gasteiger partial charge is 0.337 e. The summed E-state index contributed by atoms with van der Waals surface area (Å²) in [6.45, 7) is 2.94. The molecule has 0 aromatic heterocycles. The molecule has 1 aromatic rings. The molecule has 0 saturated carbocycles. The Kier molecular flexibility index (Phi) is 2.37. The number of thioether (sulfide) groups is 1. The molecule has 1 aliphatic rings. The number of carboxylic acid groups (broad SMARTS) is 1. The minimum absolute atomic E-state index is 0.363. The molecule has 1 atom stereocenters. The van der Waals surface area contributed by atoms with E-state index in [4.69, 9.17) is 5.11 Å². The Bertz CT molecular complexity index is 378. The van der Waals surface area contributed by atoms with Gasteiger partial charge in [-0.3, -0.25) is 0 Å². The molecule has 0 spiro atoms. The molecule has 1 aliphatic heterocycles. The highest BCUT2D eigenvalue weighted by Crippen LogP contribution is 2.36. The number of hydrogen-bond acceptors (Lipinski definition) is 3. The molecule has 14 heavy (non-hydrogen) atoms. The predicted molar refractivity (Wildman–Crippen MR) is 57.2 cm³/mol. The lowest BCUT2D eigenvalue weighted by atomic mass is 10.1. The largest absolute Gasteiger partial charge is 0.478 e. The van der Waals surface area contributed by atoms with Gasteiger partial charge in [-0.1, -0.05) is 13.0 Å². The molecular formula is C10H11NO2S. The number of carbonyl (C=O) groups is 1. The molecule has 1 aromatic carbocycles. The van der Waals surface area contributed by atoms with E-state index in [1.165, 1.54) is 0 Å². The Morgan fingerprint density at radius 1 is 1.64 bits per heavy atom. The summed E-state index contributed by atoms with van der Waals surface area (Å²) in [6, 6.07) is 5.37. The molecule has 1 heterocycles. The zero-order valence-corrected chi connectivity index (χ0v) is 8.60. The van der Waals surface area contributed by atoms with Crippen LogP contribution in [-0.4, -0.2) is 22.9 Å². The molecule has 0 aliphatic carbocycles. The first-order chi connectivity index (χ1) is 6.68. The molecule has 3 nitrogen and oxygen atoms in total. The molecule has 1 unspecified atom stereocenters. The van der Waals surface area contributed by atoms with E-state index in [1.54, 1.807) is 23.9 Å². The molecule has 74 valence electrons. The summed E-state index contributed by atoms with van der Waals surface area (Å²) in [5, 5.41) is 12.6. The van der Waals surface area contributed by atoms with Crippen LogP contribution < -0.4 is 5.32 Å². The van der Waals surface area contributed by atoms with Crippen LogP contribution in [0, 0.1) is 0 Å². The van der Waals surface area contributed by atoms with Crippen LogP contribution in [-0.2, 0) is 0 Å². The van der Waals surface area contributed by atoms with Gasteiger partial charge in [-0.05, 0) is 12.1 Å². The standard InChI is InChI=1S/C10H11NO2S/c1-6-5-11-9-7(10(12)13)3-2-4-8(9)14-6/h2-4,6,11H,5H2,1H3,(H,12,13). The number of para-hydroxylation sites is 1. The second kappa shape index (κ2) is 3.53. The molecule has 0 bridgehead atoms. The van der Waals surface area contributed by atoms with Crippen LogP contribution in [0.15, 0.2) is 23.1 Å². The van der Waals surface area contributed by atoms with E-state index in [9.17, 15) is 4.79 Å². The number of benzene rings is 1. The van der Waals surface area contributed by atoms with Crippen molar-refractivity contribution in [1.29, 1.82) is 0 Å². The number of hydrogen-bond donors (Lipinski definition) is 2. The van der Waals surface area contributed by atoms with Crippen molar-refractivity contribution in [3.05, 3.63) is 23.8 Å². The van der Waals surface area contributed by atoms with Crippen LogP contribution >= 0.6 is 11.8 Å². The SMILES string of the molecule is CC1CNc2c(cccc2C(=O)O)S1. The third-order valence-electron chi connectivity index (χ3n) is 2.15. The number of carboxylic acids is 1. The monoisotopic (exact) mass is 209 g/mol. The first kappa shape index (κ1) is 9.40. The Balaban J connectivity index is 2.46. The quantitative estimate of drug-likeness (QED) is 0.745. The maximum Gasteiger partial charge on any atom is 0.337 e. The zero-order chi connectivity index (χ0) is 10.1. The highest BCUT2D eigenvalue weighted by atomic mass is 32.2. The van der Waals surface area contributed by atoms with Gasteiger partial charge in [0.15, 0.2) is 0 Å². The van der Waals surface area contributed by atoms with E-state index >= 15 is 0 Å². The third kappa shape index (κ3) is 1.57. The molecule has 4 heteroatoms. The van der Waals surface area contributed by atoms with Crippen LogP contribution in [0.5, 0.6) is 0 Å². The van der Waals surface area contributed by atoms with E-state index in [0.717, 1.165) is 17.1 Å². The Morgan fingerprint density at radius 2 is 2.43 bits per heavy atom. The topological polar surface area (TPSA) is 49.3 Å². The fourth-order valence-corrected chi connectivity index (χ4v) is 2.55. The minimum Gasteiger partial charge on any atom is -0.478 e. The predicted octanol–water partition coefficient (Wildman–Crippen LogP) is 2.29. The van der Waals surface area contributed by atoms with Crippen molar-refractivity contribution in [1.82, 2.24) is 0 Å². The number of anilines is 1. The Hall–Kier alpha value is -1.16. The van der Waals surface area contributed by atoms with Gasteiger partial charge < -0.3 is 10.4 Å². The summed E-state index contributed by atoms with van der Waals surface area (Å²) in [5.41, 5.74) is 1.13. The fraction of sp³-hybridized carbons (Fsp3) is 0.300. The summed E-state index contributed by atoms with van der Waals surface area (Å²) in [5.74, 6) is -0.871. The number of nitrogens with one attached hydrogen (secondary N) is 1. The third-order valence-corrected chi connectivity index (χ3v) is 3.31. The summed E-state index contributed by atoms with van der Waals surface area (Å²) in [4.78, 5) is 11.9. The van der Waals surface area contributed by atoms with Gasteiger partial charge in [0.2, 0.25) is 0 Å². The van der Waals surface area contributed by atoms with Gasteiger partial charge in [0.05, 0.1) is 11.3 Å². The average molecular weight is 209 g/mol. The van der Waals surface area contributed by atoms with Crippen molar-refractivity contribution < 1.29 is 9.90 Å². The van der Waals surface area contributed by atoms with Crippen molar-refractivity contribution >= 4 is 23.4 Å². The lowest BCUT2D eigenvalue weighted by molar-refractivity contribution is 0.0697. The number of fused-ring (bicyclic) bond motifs is 1. The van der Waals surface area contributed by atoms with Gasteiger partial charge in [0.25, 0.3) is 0 Å². The maximum absolute atomic E-state index is 10.9. The highest BCUT2D eigenvalue weighted by molar-refractivity contribution is 8.00. The van der Waals surface area contributed by atoms with Gasteiger partial charge in [0.1, 0.15) is 0 Å². The first-order valence-corrected chi connectivity index (χ1v) is 5.33. The van der Waals surface area contributed by atoms with Crippen LogP contribution in [0.1, 0.15) is 17.3 Å². The molecule has 0 amide bonds. The van der Waals surface area contributed by atoms with Gasteiger partial charge in [-0.15, -0.1) is 11.8 Å². The van der Waals surface area contributed by atoms with Crippen LogP contribution in [0.3, 0.4) is 0 Å². The zero-order valence-electron chi connectivity index (χ0n) is 7.78. The van der Waals surface area contributed by atoms with Gasteiger partial charge in [-0.25, -0.2) is 4.79 Å². The van der Waals surface area contributed by atoms with E-state index in [1.807, 2.05) is 6.07 Å². The minimum atomic E-state index is -0.871. The fourth-order valence-electron chi connectivity index (χ4n) is 1.49. The Labute approximate surface area is 86.5 Å². The summed E-state index contributed by atoms with van der Waals surface area (Å²) >= 11 is 1.72. The highest BCUT2D eigenvalue weighted by Gasteiger charge is 2.20. The van der Waals surface area contributed by atoms with Crippen molar-refractivity contribution in [3.63, 3.8) is 0 Å². The molecule has 0 radical (unpaired) electrons. The molecule has 0 fully saturated rings. The van der Waals surface area contributed by atoms with Crippen molar-refractivity contribution in [2.24, 2.45) is 0 Å².